The number of amides is 1. The second-order valence-corrected chi connectivity index (χ2v) is 14.9. The Kier molecular flexibility index (Phi) is 7.83. The first-order valence-electron chi connectivity index (χ1n) is 16.7. The number of benzene rings is 4. The van der Waals surface area contributed by atoms with Gasteiger partial charge in [-0.1, -0.05) is 36.4 Å². The minimum absolute atomic E-state index is 0.00139. The van der Waals surface area contributed by atoms with E-state index < -0.39 is 11.9 Å². The Morgan fingerprint density at radius 1 is 0.780 bits per heavy atom. The summed E-state index contributed by atoms with van der Waals surface area (Å²) in [6, 6.07) is 20.6. The van der Waals surface area contributed by atoms with Crippen molar-refractivity contribution >= 4 is 73.6 Å². The van der Waals surface area contributed by atoms with E-state index in [1.54, 1.807) is 36.4 Å². The predicted octanol–water partition coefficient (Wildman–Crippen LogP) is 10.5. The van der Waals surface area contributed by atoms with E-state index in [0.717, 1.165) is 55.5 Å². The molecule has 5 aromatic rings. The van der Waals surface area contributed by atoms with Crippen molar-refractivity contribution in [1.82, 2.24) is 0 Å². The van der Waals surface area contributed by atoms with Crippen molar-refractivity contribution in [3.8, 4) is 11.1 Å². The van der Waals surface area contributed by atoms with Gasteiger partial charge in [0, 0.05) is 47.8 Å². The van der Waals surface area contributed by atoms with Gasteiger partial charge < -0.3 is 20.2 Å². The number of hydrogen-bond acceptors (Lipinski definition) is 4. The first kappa shape index (κ1) is 33.4. The number of fused-ring (bicyclic) bond motifs is 4. The minimum Gasteiger partial charge on any atom is -0.478 e. The highest BCUT2D eigenvalue weighted by molar-refractivity contribution is 6.18. The molecule has 0 atom stereocenters. The Labute approximate surface area is 297 Å². The highest BCUT2D eigenvalue weighted by Gasteiger charge is 2.35. The zero-order valence-corrected chi connectivity index (χ0v) is 30.4. The fourth-order valence-electron chi connectivity index (χ4n) is 7.50. The summed E-state index contributed by atoms with van der Waals surface area (Å²) < 4.78 is 6.80. The van der Waals surface area contributed by atoms with Gasteiger partial charge in [-0.25, -0.2) is 9.21 Å². The first-order valence-corrected chi connectivity index (χ1v) is 17.3. The Bertz CT molecular complexity index is 2240. The molecule has 1 amide bonds. The van der Waals surface area contributed by atoms with Crippen LogP contribution in [0, 0.1) is 0 Å². The van der Waals surface area contributed by atoms with Gasteiger partial charge >= 0.3 is 17.1 Å². The lowest BCUT2D eigenvalue weighted by Crippen LogP contribution is -2.42. The van der Waals surface area contributed by atoms with Crippen LogP contribution in [0.15, 0.2) is 83.3 Å². The number of carboxylic acids is 1. The van der Waals surface area contributed by atoms with Gasteiger partial charge in [0.05, 0.1) is 56.6 Å². The van der Waals surface area contributed by atoms with Crippen molar-refractivity contribution < 1.29 is 19.1 Å². The molecule has 2 aliphatic rings. The average Bonchev–Trinajstić information content (AvgIpc) is 3.07. The van der Waals surface area contributed by atoms with Gasteiger partial charge in [0.15, 0.2) is 0 Å². The maximum atomic E-state index is 13.4. The average molecular weight is 687 g/mol. The number of carbonyl (C=O) groups is 2. The molecule has 0 saturated heterocycles. The molecule has 0 unspecified atom stereocenters. The number of carbonyl (C=O) groups excluding carboxylic acids is 1. The molecular weight excluding hydrogens is 646 g/mol. The molecule has 0 spiro atoms. The molecule has 8 heteroatoms. The molecule has 0 saturated carbocycles. The summed E-state index contributed by atoms with van der Waals surface area (Å²) in [5, 5.41) is 15.3. The summed E-state index contributed by atoms with van der Waals surface area (Å²) in [5.41, 5.74) is 9.97. The highest BCUT2D eigenvalue weighted by Crippen LogP contribution is 2.48. The van der Waals surface area contributed by atoms with Gasteiger partial charge in [-0.05, 0) is 88.6 Å². The maximum absolute atomic E-state index is 13.4. The highest BCUT2D eigenvalue weighted by atomic mass is 35.5. The second-order valence-electron chi connectivity index (χ2n) is 14.6. The number of alkyl halides is 1. The Morgan fingerprint density at radius 2 is 1.30 bits per heavy atom. The van der Waals surface area contributed by atoms with Crippen LogP contribution in [0.4, 0.5) is 17.1 Å². The molecule has 254 valence electrons. The van der Waals surface area contributed by atoms with E-state index in [1.165, 1.54) is 0 Å². The zero-order valence-electron chi connectivity index (χ0n) is 29.7. The van der Waals surface area contributed by atoms with E-state index in [1.807, 2.05) is 6.07 Å². The van der Waals surface area contributed by atoms with E-state index in [2.05, 4.69) is 107 Å². The smallest absolute Gasteiger partial charge is 0.363 e. The van der Waals surface area contributed by atoms with E-state index in [0.29, 0.717) is 28.2 Å². The molecule has 7 rings (SSSR count). The van der Waals surface area contributed by atoms with E-state index in [4.69, 9.17) is 16.0 Å². The van der Waals surface area contributed by atoms with Gasteiger partial charge in [-0.2, -0.15) is 0 Å². The number of anilines is 3. The molecule has 1 aromatic heterocycles. The van der Waals surface area contributed by atoms with Crippen LogP contribution in [-0.2, 0) is 5.88 Å². The van der Waals surface area contributed by atoms with Crippen LogP contribution in [0.25, 0.3) is 44.2 Å². The first-order chi connectivity index (χ1) is 23.6. The van der Waals surface area contributed by atoms with E-state index in [-0.39, 0.29) is 22.3 Å². The molecule has 3 heterocycles. The van der Waals surface area contributed by atoms with Crippen LogP contribution in [0.3, 0.4) is 0 Å². The molecule has 2 N–H and O–H groups in total. The molecule has 0 aliphatic carbocycles. The third-order valence-electron chi connectivity index (χ3n) is 10.6. The van der Waals surface area contributed by atoms with Gasteiger partial charge in [-0.15, -0.1) is 11.6 Å². The number of aromatic carboxylic acids is 1. The molecule has 7 nitrogen and oxygen atoms in total. The molecule has 0 fully saturated rings. The van der Waals surface area contributed by atoms with Crippen LogP contribution in [0.1, 0.15) is 78.9 Å². The zero-order chi connectivity index (χ0) is 35.9. The third kappa shape index (κ3) is 5.32. The van der Waals surface area contributed by atoms with E-state index in [9.17, 15) is 14.7 Å². The lowest BCUT2D eigenvalue weighted by Gasteiger charge is -2.40. The largest absolute Gasteiger partial charge is 0.478 e. The summed E-state index contributed by atoms with van der Waals surface area (Å²) in [4.78, 5) is 31.2. The quantitative estimate of drug-likeness (QED) is 0.109. The summed E-state index contributed by atoms with van der Waals surface area (Å²) in [5.74, 6) is -1.23. The Hall–Kier alpha value is -5.14. The second kappa shape index (κ2) is 11.7. The molecule has 2 aliphatic heterocycles. The summed E-state index contributed by atoms with van der Waals surface area (Å²) in [6.07, 6.45) is 4.50. The normalized spacial score (nSPS) is 16.1. The van der Waals surface area contributed by atoms with Gasteiger partial charge in [0.1, 0.15) is 0 Å². The van der Waals surface area contributed by atoms with Crippen LogP contribution < -0.4 is 15.1 Å². The van der Waals surface area contributed by atoms with Crippen LogP contribution >= 0.6 is 11.6 Å². The summed E-state index contributed by atoms with van der Waals surface area (Å²) in [6.45, 7) is 12.9. The van der Waals surface area contributed by atoms with Crippen LogP contribution in [0.2, 0.25) is 0 Å². The number of nitrogens with one attached hydrogen (secondary N) is 1. The topological polar surface area (TPSA) is 84.2 Å². The lowest BCUT2D eigenvalue weighted by atomic mass is 9.85. The fourth-order valence-corrected chi connectivity index (χ4v) is 7.68. The SMILES string of the molecule is CC1=CC(C)(C)N(C)c2cc3[o+]c4cc5c(cc4c(-c4cccc(NC(=O)c6ccc(CCl)cc6)c4C(=O)O)c3cc21)C(C)=CC(C)(C)N5C. The molecule has 4 aromatic carbocycles. The molecule has 0 radical (unpaired) electrons. The standard InChI is InChI=1S/C42H40ClN3O4/c1-23-20-41(3,4)45(7)33-18-35-30(16-28(23)33)37(31-17-29-24(2)21-42(5,6)46(8)34(29)19-36(31)50-35)27-10-9-11-32(38(27)40(48)49)44-39(47)26-14-12-25(22-43)13-15-26/h9-21H,22H2,1-8H3,(H-,44,47,48,49)/p+1. The van der Waals surface area contributed by atoms with Crippen molar-refractivity contribution in [2.24, 2.45) is 0 Å². The van der Waals surface area contributed by atoms with E-state index >= 15 is 0 Å². The third-order valence-corrected chi connectivity index (χ3v) is 10.9. The lowest BCUT2D eigenvalue weighted by molar-refractivity contribution is 0.0699. The minimum atomic E-state index is -1.15. The van der Waals surface area contributed by atoms with Crippen molar-refractivity contribution in [2.75, 3.05) is 29.2 Å². The molecule has 0 bridgehead atoms. The fraction of sp³-hybridized carbons (Fsp3) is 0.262. The number of halogens is 1. The van der Waals surface area contributed by atoms with Crippen LogP contribution in [-0.4, -0.2) is 42.2 Å². The maximum Gasteiger partial charge on any atom is 0.363 e. The van der Waals surface area contributed by atoms with Gasteiger partial charge in [0.25, 0.3) is 5.91 Å². The molecular formula is C42H41ClN3O4+. The predicted molar refractivity (Wildman–Crippen MR) is 207 cm³/mol. The summed E-state index contributed by atoms with van der Waals surface area (Å²) in [7, 11) is 4.16. The van der Waals surface area contributed by atoms with Gasteiger partial charge in [0.2, 0.25) is 0 Å². The number of nitrogens with zero attached hydrogens (tertiary/aromatic N) is 2. The molecule has 50 heavy (non-hydrogen) atoms. The number of likely N-dealkylation sites (N-methyl/N-ethyl adjacent to an activating group) is 2. The van der Waals surface area contributed by atoms with Crippen LogP contribution in [0.5, 0.6) is 0 Å². The number of rotatable bonds is 5. The number of carboxylic acid groups (broad SMARTS) is 1. The monoisotopic (exact) mass is 686 g/mol. The Balaban J connectivity index is 1.54. The summed E-state index contributed by atoms with van der Waals surface area (Å²) >= 11 is 5.95. The van der Waals surface area contributed by atoms with Crippen molar-refractivity contribution in [3.63, 3.8) is 0 Å². The number of allylic oxidation sites excluding steroid dienone is 2. The van der Waals surface area contributed by atoms with Crippen molar-refractivity contribution in [2.45, 2.75) is 58.5 Å². The van der Waals surface area contributed by atoms with Crippen molar-refractivity contribution in [1.29, 1.82) is 0 Å². The van der Waals surface area contributed by atoms with Crippen molar-refractivity contribution in [3.05, 3.63) is 107 Å². The number of hydrogen-bond donors (Lipinski definition) is 2. The van der Waals surface area contributed by atoms with Gasteiger partial charge in [-0.3, -0.25) is 4.79 Å². The Morgan fingerprint density at radius 3 is 1.78 bits per heavy atom.